The molecule has 0 spiro atoms. The third-order valence-electron chi connectivity index (χ3n) is 3.69. The van der Waals surface area contributed by atoms with Crippen LogP contribution < -0.4 is 0 Å². The Morgan fingerprint density at radius 2 is 1.10 bits per heavy atom. The number of hydrogen-bond acceptors (Lipinski definition) is 3. The molecule has 0 bridgehead atoms. The van der Waals surface area contributed by atoms with Crippen molar-refractivity contribution in [3.63, 3.8) is 0 Å². The summed E-state index contributed by atoms with van der Waals surface area (Å²) in [7, 11) is 0. The maximum absolute atomic E-state index is 11.5. The number of aromatic amines is 1. The minimum Gasteiger partial charge on any atom is -0.478 e. The normalized spacial score (nSPS) is 8.90. The highest BCUT2D eigenvalue weighted by atomic mass is 16.5. The summed E-state index contributed by atoms with van der Waals surface area (Å²) >= 11 is 0. The molecule has 5 nitrogen and oxygen atoms in total. The van der Waals surface area contributed by atoms with E-state index in [-0.39, 0.29) is 11.1 Å². The van der Waals surface area contributed by atoms with Gasteiger partial charge in [0.05, 0.1) is 6.20 Å². The molecular weight excluding hydrogens is 388 g/mol. The van der Waals surface area contributed by atoms with E-state index < -0.39 is 5.97 Å². The van der Waals surface area contributed by atoms with Crippen molar-refractivity contribution in [2.24, 2.45) is 0 Å². The molecule has 0 aliphatic rings. The van der Waals surface area contributed by atoms with E-state index in [1.807, 2.05) is 91.0 Å². The van der Waals surface area contributed by atoms with Crippen LogP contribution in [0.4, 0.5) is 0 Å². The van der Waals surface area contributed by atoms with Gasteiger partial charge in [-0.2, -0.15) is 5.10 Å². The van der Waals surface area contributed by atoms with Gasteiger partial charge in [0.1, 0.15) is 5.56 Å². The first-order chi connectivity index (χ1) is 15.3. The number of benzene rings is 1. The topological polar surface area (TPSA) is 79.1 Å². The molecule has 31 heavy (non-hydrogen) atoms. The molecule has 0 saturated heterocycles. The van der Waals surface area contributed by atoms with Gasteiger partial charge in [0, 0.05) is 5.39 Å². The third kappa shape index (κ3) is 9.58. The number of para-hydroxylation sites is 1. The largest absolute Gasteiger partial charge is 0.478 e. The van der Waals surface area contributed by atoms with Gasteiger partial charge in [-0.3, -0.25) is 0 Å². The Balaban J connectivity index is 2.57. The van der Waals surface area contributed by atoms with Gasteiger partial charge in [0.25, 0.3) is 0 Å². The molecule has 0 aliphatic heterocycles. The van der Waals surface area contributed by atoms with Crippen molar-refractivity contribution in [2.75, 3.05) is 0 Å². The van der Waals surface area contributed by atoms with E-state index in [0.29, 0.717) is 5.39 Å². The number of aromatic carboxylic acids is 1. The van der Waals surface area contributed by atoms with Crippen LogP contribution in [0.15, 0.2) is 138 Å². The lowest BCUT2D eigenvalue weighted by atomic mass is 10.1. The zero-order valence-electron chi connectivity index (χ0n) is 16.9. The number of rotatable bonds is 1. The first-order valence-electron chi connectivity index (χ1n) is 9.60. The number of carbonyl (C=O) groups is 1. The van der Waals surface area contributed by atoms with E-state index in [0.717, 1.165) is 0 Å². The number of carboxylic acid groups (broad SMARTS) is 1. The third-order valence-corrected chi connectivity index (χ3v) is 3.69. The highest BCUT2D eigenvalue weighted by Crippen LogP contribution is 2.15. The molecule has 156 valence electrons. The van der Waals surface area contributed by atoms with Crippen molar-refractivity contribution in [3.8, 4) is 0 Å². The second-order valence-electron chi connectivity index (χ2n) is 5.94. The number of nitrogens with zero attached hydrogens (tertiary/aromatic N) is 1. The SMILES string of the molecule is O=C(O)c1cccc2cccccccccccccccccccn[nH]oc12. The van der Waals surface area contributed by atoms with Gasteiger partial charge in [0.15, 0.2) is 5.58 Å². The first kappa shape index (κ1) is 22.9. The van der Waals surface area contributed by atoms with Crippen LogP contribution in [0.25, 0.3) is 11.0 Å². The van der Waals surface area contributed by atoms with Gasteiger partial charge in [0.2, 0.25) is 0 Å². The quantitative estimate of drug-likeness (QED) is 0.562. The maximum Gasteiger partial charge on any atom is 0.339 e. The molecule has 0 unspecified atom stereocenters. The van der Waals surface area contributed by atoms with Crippen molar-refractivity contribution in [3.05, 3.63) is 139 Å². The lowest BCUT2D eigenvalue weighted by Crippen LogP contribution is -1.96. The standard InChI is InChI=1S/C26H24N2O3/c29-26(30)24-21-18-20-23-19-16-14-12-10-8-6-4-2-1-3-5-7-9-11-13-15-17-22-27-28-31-25(23)24/h1-22,28H,(H,29,30). The number of H-pyrrole nitrogens is 1. The van der Waals surface area contributed by atoms with Crippen LogP contribution in [0.3, 0.4) is 0 Å². The van der Waals surface area contributed by atoms with E-state index >= 15 is 0 Å². The maximum atomic E-state index is 11.5. The zero-order chi connectivity index (χ0) is 22.0. The van der Waals surface area contributed by atoms with E-state index in [4.69, 9.17) is 4.52 Å². The summed E-state index contributed by atoms with van der Waals surface area (Å²) in [5, 5.41) is 16.4. The van der Waals surface area contributed by atoms with Gasteiger partial charge in [-0.1, -0.05) is 115 Å². The Morgan fingerprint density at radius 1 is 0.645 bits per heavy atom. The first-order valence-corrected chi connectivity index (χ1v) is 9.60. The molecule has 1 aromatic carbocycles. The van der Waals surface area contributed by atoms with E-state index in [9.17, 15) is 9.90 Å². The van der Waals surface area contributed by atoms with Crippen molar-refractivity contribution in [2.45, 2.75) is 0 Å². The van der Waals surface area contributed by atoms with E-state index in [1.165, 1.54) is 12.3 Å². The minimum absolute atomic E-state index is 0.0349. The van der Waals surface area contributed by atoms with Crippen LogP contribution >= 0.6 is 0 Å². The molecule has 0 aliphatic carbocycles. The van der Waals surface area contributed by atoms with Gasteiger partial charge >= 0.3 is 5.97 Å². The van der Waals surface area contributed by atoms with Crippen molar-refractivity contribution < 1.29 is 14.4 Å². The molecule has 2 aromatic rings. The van der Waals surface area contributed by atoms with Crippen LogP contribution in [-0.2, 0) is 0 Å². The molecule has 2 rings (SSSR count). The molecule has 1 heterocycles. The molecule has 5 heteroatoms. The lowest BCUT2D eigenvalue weighted by molar-refractivity contribution is 0.0697. The molecule has 0 radical (unpaired) electrons. The summed E-state index contributed by atoms with van der Waals surface area (Å²) in [6.45, 7) is 0. The van der Waals surface area contributed by atoms with Crippen LogP contribution in [0.2, 0.25) is 0 Å². The monoisotopic (exact) mass is 412 g/mol. The fourth-order valence-corrected chi connectivity index (χ4v) is 2.29. The number of hydrogen-bond donors (Lipinski definition) is 2. The summed E-state index contributed by atoms with van der Waals surface area (Å²) in [6, 6.07) is 38.7. The van der Waals surface area contributed by atoms with Crippen molar-refractivity contribution in [1.82, 2.24) is 10.4 Å². The molecule has 0 atom stereocenters. The van der Waals surface area contributed by atoms with Crippen molar-refractivity contribution in [1.29, 1.82) is 0 Å². The van der Waals surface area contributed by atoms with Gasteiger partial charge in [-0.25, -0.2) is 4.79 Å². The Hall–Kier alpha value is -4.38. The Labute approximate surface area is 181 Å². The molecule has 0 saturated carbocycles. The predicted octanol–water partition coefficient (Wildman–Crippen LogP) is 6.48. The van der Waals surface area contributed by atoms with Gasteiger partial charge in [-0.15, -0.1) is 5.27 Å². The van der Waals surface area contributed by atoms with Crippen LogP contribution in [-0.4, -0.2) is 21.4 Å². The van der Waals surface area contributed by atoms with Crippen molar-refractivity contribution >= 4 is 16.9 Å². The smallest absolute Gasteiger partial charge is 0.339 e. The Bertz CT molecular complexity index is 1150. The fourth-order valence-electron chi connectivity index (χ4n) is 2.29. The lowest BCUT2D eigenvalue weighted by Gasteiger charge is -1.96. The molecule has 0 amide bonds. The summed E-state index contributed by atoms with van der Waals surface area (Å²) in [5.74, 6) is -1.09. The summed E-state index contributed by atoms with van der Waals surface area (Å²) in [6.07, 6.45) is 1.50. The molecule has 1 aromatic heterocycles. The van der Waals surface area contributed by atoms with E-state index in [2.05, 4.69) is 10.4 Å². The average Bonchev–Trinajstić information content (AvgIpc) is 2.77. The molecule has 0 fully saturated rings. The number of aromatic nitrogens is 2. The fraction of sp³-hybridized carbons (Fsp3) is 0. The highest BCUT2D eigenvalue weighted by molar-refractivity contribution is 6.00. The highest BCUT2D eigenvalue weighted by Gasteiger charge is 2.08. The van der Waals surface area contributed by atoms with Gasteiger partial charge < -0.3 is 9.63 Å². The minimum atomic E-state index is -1.09. The number of carboxylic acids is 1. The molecular formula is C26H24N2O3. The Morgan fingerprint density at radius 3 is 1.61 bits per heavy atom. The summed E-state index contributed by atoms with van der Waals surface area (Å²) in [5.41, 5.74) is 0.214. The van der Waals surface area contributed by atoms with Crippen LogP contribution in [0, 0.1) is 0 Å². The number of fused-ring (bicyclic) bond motifs is 1. The predicted molar refractivity (Wildman–Crippen MR) is 123 cm³/mol. The van der Waals surface area contributed by atoms with Gasteiger partial charge in [-0.05, 0) is 12.1 Å². The van der Waals surface area contributed by atoms with Crippen LogP contribution in [0.1, 0.15) is 10.4 Å². The summed E-state index contributed by atoms with van der Waals surface area (Å²) < 4.78 is 5.41. The van der Waals surface area contributed by atoms with E-state index in [1.54, 1.807) is 30.3 Å². The average molecular weight is 412 g/mol. The number of nitrogens with one attached hydrogen (secondary N) is 1. The second-order valence-corrected chi connectivity index (χ2v) is 5.94. The Kier molecular flexibility index (Phi) is 10.8. The zero-order valence-corrected chi connectivity index (χ0v) is 16.9. The second kappa shape index (κ2) is 14.6. The van der Waals surface area contributed by atoms with Crippen LogP contribution in [0.5, 0.6) is 0 Å². The molecule has 2 N–H and O–H groups in total. The summed E-state index contributed by atoms with van der Waals surface area (Å²) in [4.78, 5) is 11.5.